The van der Waals surface area contributed by atoms with Crippen LogP contribution in [0.3, 0.4) is 0 Å². The van der Waals surface area contributed by atoms with Crippen molar-refractivity contribution in [2.75, 3.05) is 17.2 Å². The molecule has 2 N–H and O–H groups in total. The lowest BCUT2D eigenvalue weighted by Gasteiger charge is -2.13. The lowest BCUT2D eigenvalue weighted by molar-refractivity contribution is 0.102. The second-order valence-electron chi connectivity index (χ2n) is 6.21. The molecule has 2 aromatic carbocycles. The van der Waals surface area contributed by atoms with E-state index in [1.165, 1.54) is 0 Å². The summed E-state index contributed by atoms with van der Waals surface area (Å²) in [6.07, 6.45) is 1.66. The largest absolute Gasteiger partial charge is 0.492 e. The molecule has 1 heterocycles. The molecule has 0 spiro atoms. The molecule has 3 rings (SSSR count). The molecule has 5 heteroatoms. The van der Waals surface area contributed by atoms with E-state index < -0.39 is 0 Å². The summed E-state index contributed by atoms with van der Waals surface area (Å²) < 4.78 is 5.54. The molecule has 0 saturated carbocycles. The first kappa shape index (κ1) is 18.5. The first-order chi connectivity index (χ1) is 13.1. The predicted molar refractivity (Wildman–Crippen MR) is 109 cm³/mol. The van der Waals surface area contributed by atoms with Gasteiger partial charge in [-0.05, 0) is 56.2 Å². The molecule has 0 unspecified atom stereocenters. The zero-order valence-electron chi connectivity index (χ0n) is 15.7. The van der Waals surface area contributed by atoms with Crippen molar-refractivity contribution in [1.29, 1.82) is 0 Å². The number of aromatic nitrogens is 1. The van der Waals surface area contributed by atoms with E-state index in [4.69, 9.17) is 4.74 Å². The van der Waals surface area contributed by atoms with Crippen LogP contribution in [0.15, 0.2) is 60.8 Å². The number of aryl methyl sites for hydroxylation is 2. The van der Waals surface area contributed by atoms with Crippen LogP contribution in [0.1, 0.15) is 28.5 Å². The topological polar surface area (TPSA) is 63.2 Å². The van der Waals surface area contributed by atoms with Gasteiger partial charge in [-0.25, -0.2) is 4.98 Å². The third kappa shape index (κ3) is 4.44. The molecule has 0 bridgehead atoms. The highest BCUT2D eigenvalue weighted by Crippen LogP contribution is 2.25. The molecule has 3 aromatic rings. The van der Waals surface area contributed by atoms with Crippen LogP contribution in [-0.4, -0.2) is 17.5 Å². The van der Waals surface area contributed by atoms with E-state index in [1.54, 1.807) is 18.3 Å². The van der Waals surface area contributed by atoms with Gasteiger partial charge in [0.15, 0.2) is 0 Å². The molecule has 0 saturated heterocycles. The zero-order valence-corrected chi connectivity index (χ0v) is 15.7. The van der Waals surface area contributed by atoms with E-state index in [1.807, 2.05) is 37.3 Å². The van der Waals surface area contributed by atoms with Gasteiger partial charge in [0.25, 0.3) is 5.91 Å². The van der Waals surface area contributed by atoms with Gasteiger partial charge in [0.05, 0.1) is 24.2 Å². The summed E-state index contributed by atoms with van der Waals surface area (Å²) in [5, 5.41) is 6.22. The van der Waals surface area contributed by atoms with Gasteiger partial charge >= 0.3 is 0 Å². The number of hydrogen-bond donors (Lipinski definition) is 2. The maximum absolute atomic E-state index is 12.5. The number of carbonyl (C=O) groups is 1. The van der Waals surface area contributed by atoms with Crippen LogP contribution < -0.4 is 15.4 Å². The Labute approximate surface area is 159 Å². The van der Waals surface area contributed by atoms with E-state index in [0.717, 1.165) is 22.5 Å². The van der Waals surface area contributed by atoms with Crippen molar-refractivity contribution in [3.05, 3.63) is 77.6 Å². The van der Waals surface area contributed by atoms with Crippen LogP contribution in [0, 0.1) is 13.8 Å². The number of pyridine rings is 1. The van der Waals surface area contributed by atoms with Crippen molar-refractivity contribution in [1.82, 2.24) is 4.98 Å². The SMILES string of the molecule is CCOc1ccccc1NC(=O)c1ccc(Nc2c(C)cccc2C)cn1. The molecular weight excluding hydrogens is 338 g/mol. The Balaban J connectivity index is 1.73. The Hall–Kier alpha value is -3.34. The fourth-order valence-electron chi connectivity index (χ4n) is 2.80. The molecule has 5 nitrogen and oxygen atoms in total. The summed E-state index contributed by atoms with van der Waals surface area (Å²) in [7, 11) is 0. The number of nitrogens with one attached hydrogen (secondary N) is 2. The third-order valence-electron chi connectivity index (χ3n) is 4.18. The standard InChI is InChI=1S/C22H23N3O2/c1-4-27-20-11-6-5-10-18(20)25-22(26)19-13-12-17(14-23-19)24-21-15(2)8-7-9-16(21)3/h5-14,24H,4H2,1-3H3,(H,25,26). The quantitative estimate of drug-likeness (QED) is 0.642. The highest BCUT2D eigenvalue weighted by Gasteiger charge is 2.11. The maximum atomic E-state index is 12.5. The monoisotopic (exact) mass is 361 g/mol. The molecule has 0 aliphatic carbocycles. The molecule has 0 fully saturated rings. The van der Waals surface area contributed by atoms with E-state index in [9.17, 15) is 4.79 Å². The number of para-hydroxylation sites is 3. The summed E-state index contributed by atoms with van der Waals surface area (Å²) >= 11 is 0. The number of anilines is 3. The van der Waals surface area contributed by atoms with Crippen molar-refractivity contribution in [3.63, 3.8) is 0 Å². The summed E-state index contributed by atoms with van der Waals surface area (Å²) in [6.45, 7) is 6.55. The number of ether oxygens (including phenoxy) is 1. The van der Waals surface area contributed by atoms with Crippen LogP contribution in [0.25, 0.3) is 0 Å². The highest BCUT2D eigenvalue weighted by atomic mass is 16.5. The average molecular weight is 361 g/mol. The number of carbonyl (C=O) groups excluding carboxylic acids is 1. The minimum Gasteiger partial charge on any atom is -0.492 e. The molecule has 138 valence electrons. The summed E-state index contributed by atoms with van der Waals surface area (Å²) in [4.78, 5) is 16.8. The Morgan fingerprint density at radius 3 is 2.41 bits per heavy atom. The van der Waals surface area contributed by atoms with Crippen molar-refractivity contribution in [2.45, 2.75) is 20.8 Å². The van der Waals surface area contributed by atoms with Gasteiger partial charge < -0.3 is 15.4 Å². The molecule has 0 aliphatic rings. The molecule has 0 radical (unpaired) electrons. The number of hydrogen-bond acceptors (Lipinski definition) is 4. The summed E-state index contributed by atoms with van der Waals surface area (Å²) in [6, 6.07) is 17.0. The second kappa shape index (κ2) is 8.36. The highest BCUT2D eigenvalue weighted by molar-refractivity contribution is 6.03. The number of rotatable bonds is 6. The van der Waals surface area contributed by atoms with Gasteiger partial charge in [0, 0.05) is 5.69 Å². The normalized spacial score (nSPS) is 10.3. The van der Waals surface area contributed by atoms with Crippen LogP contribution in [-0.2, 0) is 0 Å². The Kier molecular flexibility index (Phi) is 5.71. The Morgan fingerprint density at radius 1 is 1.00 bits per heavy atom. The van der Waals surface area contributed by atoms with Crippen molar-refractivity contribution < 1.29 is 9.53 Å². The number of benzene rings is 2. The van der Waals surface area contributed by atoms with E-state index >= 15 is 0 Å². The predicted octanol–water partition coefficient (Wildman–Crippen LogP) is 5.09. The summed E-state index contributed by atoms with van der Waals surface area (Å²) in [5.41, 5.74) is 5.17. The lowest BCUT2D eigenvalue weighted by atomic mass is 10.1. The summed E-state index contributed by atoms with van der Waals surface area (Å²) in [5.74, 6) is 0.363. The number of amides is 1. The van der Waals surface area contributed by atoms with Crippen LogP contribution in [0.2, 0.25) is 0 Å². The first-order valence-corrected chi connectivity index (χ1v) is 8.91. The third-order valence-corrected chi connectivity index (χ3v) is 4.18. The number of nitrogens with zero attached hydrogens (tertiary/aromatic N) is 1. The first-order valence-electron chi connectivity index (χ1n) is 8.91. The van der Waals surface area contributed by atoms with Crippen LogP contribution in [0.4, 0.5) is 17.1 Å². The molecule has 0 atom stereocenters. The molecule has 1 aromatic heterocycles. The van der Waals surface area contributed by atoms with Gasteiger partial charge in [-0.15, -0.1) is 0 Å². The van der Waals surface area contributed by atoms with Gasteiger partial charge in [0.2, 0.25) is 0 Å². The smallest absolute Gasteiger partial charge is 0.274 e. The van der Waals surface area contributed by atoms with E-state index in [-0.39, 0.29) is 5.91 Å². The molecule has 0 aliphatic heterocycles. The minimum absolute atomic E-state index is 0.277. The van der Waals surface area contributed by atoms with Crippen molar-refractivity contribution >= 4 is 23.0 Å². The van der Waals surface area contributed by atoms with Crippen LogP contribution >= 0.6 is 0 Å². The fourth-order valence-corrected chi connectivity index (χ4v) is 2.80. The Bertz CT molecular complexity index is 916. The lowest BCUT2D eigenvalue weighted by Crippen LogP contribution is -2.14. The molecule has 27 heavy (non-hydrogen) atoms. The molecule has 1 amide bonds. The minimum atomic E-state index is -0.277. The van der Waals surface area contributed by atoms with E-state index in [0.29, 0.717) is 23.7 Å². The maximum Gasteiger partial charge on any atom is 0.274 e. The van der Waals surface area contributed by atoms with Crippen LogP contribution in [0.5, 0.6) is 5.75 Å². The van der Waals surface area contributed by atoms with E-state index in [2.05, 4.69) is 41.6 Å². The van der Waals surface area contributed by atoms with Gasteiger partial charge in [0.1, 0.15) is 11.4 Å². The zero-order chi connectivity index (χ0) is 19.2. The Morgan fingerprint density at radius 2 is 1.74 bits per heavy atom. The van der Waals surface area contributed by atoms with Crippen molar-refractivity contribution in [2.24, 2.45) is 0 Å². The molecular formula is C22H23N3O2. The fraction of sp³-hybridized carbons (Fsp3) is 0.182. The van der Waals surface area contributed by atoms with Gasteiger partial charge in [-0.1, -0.05) is 30.3 Å². The second-order valence-corrected chi connectivity index (χ2v) is 6.21. The van der Waals surface area contributed by atoms with Gasteiger partial charge in [-0.3, -0.25) is 4.79 Å². The van der Waals surface area contributed by atoms with Crippen molar-refractivity contribution in [3.8, 4) is 5.75 Å². The van der Waals surface area contributed by atoms with Gasteiger partial charge in [-0.2, -0.15) is 0 Å². The average Bonchev–Trinajstić information content (AvgIpc) is 2.67.